The van der Waals surface area contributed by atoms with Crippen LogP contribution in [-0.4, -0.2) is 35.9 Å². The van der Waals surface area contributed by atoms with Crippen LogP contribution < -0.4 is 25.0 Å². The Balaban J connectivity index is 1.72. The Kier molecular flexibility index (Phi) is 4.86. The van der Waals surface area contributed by atoms with Crippen LogP contribution in [0.3, 0.4) is 0 Å². The molecule has 3 heterocycles. The summed E-state index contributed by atoms with van der Waals surface area (Å²) in [4.78, 5) is 0. The summed E-state index contributed by atoms with van der Waals surface area (Å²) < 4.78 is 16.6. The molecule has 0 spiro atoms. The molecule has 2 atom stereocenters. The lowest BCUT2D eigenvalue weighted by Crippen LogP contribution is -2.29. The first kappa shape index (κ1) is 19.9. The molecular formula is C21H21ClN5O3S+. The molecule has 160 valence electrons. The number of fused-ring (bicyclic) bond motifs is 2. The Morgan fingerprint density at radius 2 is 1.97 bits per heavy atom. The average Bonchev–Trinajstić information content (AvgIpc) is 3.33. The van der Waals surface area contributed by atoms with E-state index in [0.717, 1.165) is 39.7 Å². The lowest BCUT2D eigenvalue weighted by molar-refractivity contribution is 0.174. The first-order valence-corrected chi connectivity index (χ1v) is 11.7. The second-order valence-corrected chi connectivity index (χ2v) is 9.55. The third kappa shape index (κ3) is 3.34. The zero-order chi connectivity index (χ0) is 21.7. The second kappa shape index (κ2) is 7.58. The van der Waals surface area contributed by atoms with Gasteiger partial charge in [-0.1, -0.05) is 27.9 Å². The van der Waals surface area contributed by atoms with Crippen molar-refractivity contribution in [3.05, 3.63) is 52.0 Å². The molecule has 2 N–H and O–H groups in total. The van der Waals surface area contributed by atoms with Gasteiger partial charge in [0.15, 0.2) is 11.5 Å². The number of halogens is 1. The molecular weight excluding hydrogens is 438 g/mol. The van der Waals surface area contributed by atoms with Gasteiger partial charge in [-0.3, -0.25) is 0 Å². The summed E-state index contributed by atoms with van der Waals surface area (Å²) in [5.74, 6) is 1.44. The molecule has 2 aromatic carbocycles. The number of ether oxygens (including phenoxy) is 3. The zero-order valence-corrected chi connectivity index (χ0v) is 18.8. The number of rotatable bonds is 3. The number of hydrogen-bond acceptors (Lipinski definition) is 8. The molecule has 5 rings (SSSR count). The molecule has 0 fully saturated rings. The summed E-state index contributed by atoms with van der Waals surface area (Å²) >= 11 is 6.35. The van der Waals surface area contributed by atoms with E-state index in [-0.39, 0.29) is 12.8 Å². The highest BCUT2D eigenvalue weighted by molar-refractivity contribution is 7.34. The molecule has 1 aromatic heterocycles. The summed E-state index contributed by atoms with van der Waals surface area (Å²) in [6.07, 6.45) is 2.77. The fourth-order valence-electron chi connectivity index (χ4n) is 3.79. The van der Waals surface area contributed by atoms with Crippen LogP contribution in [0, 0.1) is 0 Å². The van der Waals surface area contributed by atoms with Crippen molar-refractivity contribution >= 4 is 38.6 Å². The smallest absolute Gasteiger partial charge is 0.454 e. The van der Waals surface area contributed by atoms with Crippen molar-refractivity contribution in [2.45, 2.75) is 19.4 Å². The maximum atomic E-state index is 6.35. The first-order chi connectivity index (χ1) is 15.0. The Morgan fingerprint density at radius 3 is 2.68 bits per heavy atom. The fraction of sp³-hybridized carbons (Fsp3) is 0.286. The summed E-state index contributed by atoms with van der Waals surface area (Å²) in [5.41, 5.74) is 10.1. The Bertz CT molecular complexity index is 1210. The standard InChI is InChI=1S/C21H21ClN5O3S/c1-11-6-13-8-17-18(30-10-29-17)9-14(13)19(12-4-5-16(23)15(22)7-12)26-27(11)20-24-25-21(28-2)31(20)3/h4-5,7-9,11H,6,10,23H2,1-3H3/q+1/t11-,31?/m1/s1. The number of nitrogen functional groups attached to an aromatic ring is 1. The SMILES string of the molecule is COc1nnc(N2N=C(c3ccc(N)c(Cl)c3)c3cc4c(cc3C[C@H]2C)OCO4)[s+]1C. The van der Waals surface area contributed by atoms with Crippen molar-refractivity contribution in [1.82, 2.24) is 10.2 Å². The van der Waals surface area contributed by atoms with Gasteiger partial charge < -0.3 is 19.9 Å². The number of hydrazone groups is 1. The van der Waals surface area contributed by atoms with Crippen LogP contribution in [-0.2, 0) is 12.7 Å². The Morgan fingerprint density at radius 1 is 1.19 bits per heavy atom. The van der Waals surface area contributed by atoms with Gasteiger partial charge in [0.25, 0.3) is 0 Å². The van der Waals surface area contributed by atoms with Gasteiger partial charge in [-0.15, -0.1) is 0 Å². The van der Waals surface area contributed by atoms with Gasteiger partial charge in [-0.05, 0) is 43.2 Å². The maximum Gasteiger partial charge on any atom is 0.456 e. The summed E-state index contributed by atoms with van der Waals surface area (Å²) in [7, 11) is 1.19. The molecule has 0 amide bonds. The van der Waals surface area contributed by atoms with E-state index in [1.807, 2.05) is 35.5 Å². The minimum Gasteiger partial charge on any atom is -0.454 e. The Hall–Kier alpha value is -3.04. The number of hydrogen-bond donors (Lipinski definition) is 1. The predicted molar refractivity (Wildman–Crippen MR) is 122 cm³/mol. The summed E-state index contributed by atoms with van der Waals surface area (Å²) in [5, 5.41) is 17.4. The highest BCUT2D eigenvalue weighted by Gasteiger charge is 2.34. The zero-order valence-electron chi connectivity index (χ0n) is 17.3. The number of nitrogens with zero attached hydrogens (tertiary/aromatic N) is 4. The third-order valence-electron chi connectivity index (χ3n) is 5.39. The monoisotopic (exact) mass is 458 g/mol. The molecule has 8 nitrogen and oxygen atoms in total. The van der Waals surface area contributed by atoms with Crippen molar-refractivity contribution in [1.29, 1.82) is 0 Å². The molecule has 0 radical (unpaired) electrons. The van der Waals surface area contributed by atoms with Gasteiger partial charge in [0.1, 0.15) is 6.26 Å². The average molecular weight is 459 g/mol. The molecule has 0 saturated carbocycles. The van der Waals surface area contributed by atoms with Crippen molar-refractivity contribution in [2.75, 3.05) is 24.6 Å². The van der Waals surface area contributed by atoms with Crippen LogP contribution in [0.15, 0.2) is 35.4 Å². The van der Waals surface area contributed by atoms with Crippen LogP contribution in [0.1, 0.15) is 23.6 Å². The van der Waals surface area contributed by atoms with Gasteiger partial charge in [0.05, 0.1) is 40.0 Å². The second-order valence-electron chi connectivity index (χ2n) is 7.41. The van der Waals surface area contributed by atoms with Gasteiger partial charge in [0.2, 0.25) is 6.79 Å². The highest BCUT2D eigenvalue weighted by Crippen LogP contribution is 2.41. The number of nitrogens with two attached hydrogens (primary N) is 1. The van der Waals surface area contributed by atoms with Crippen molar-refractivity contribution < 1.29 is 14.2 Å². The molecule has 0 aliphatic carbocycles. The van der Waals surface area contributed by atoms with Crippen LogP contribution in [0.25, 0.3) is 0 Å². The van der Waals surface area contributed by atoms with Crippen molar-refractivity contribution in [3.63, 3.8) is 0 Å². The maximum absolute atomic E-state index is 6.35. The molecule has 10 heteroatoms. The topological polar surface area (TPSA) is 95.1 Å². The van der Waals surface area contributed by atoms with Gasteiger partial charge in [-0.2, -0.15) is 10.1 Å². The van der Waals surface area contributed by atoms with E-state index >= 15 is 0 Å². The first-order valence-electron chi connectivity index (χ1n) is 9.68. The number of benzene rings is 2. The van der Waals surface area contributed by atoms with Gasteiger partial charge in [-0.25, -0.2) is 0 Å². The fourth-order valence-corrected chi connectivity index (χ4v) is 5.21. The predicted octanol–water partition coefficient (Wildman–Crippen LogP) is 3.94. The molecule has 0 bridgehead atoms. The normalized spacial score (nSPS) is 17.8. The third-order valence-corrected chi connectivity index (χ3v) is 7.31. The lowest BCUT2D eigenvalue weighted by Gasteiger charge is -2.19. The molecule has 3 aromatic rings. The van der Waals surface area contributed by atoms with Crippen LogP contribution >= 0.6 is 22.1 Å². The van der Waals surface area contributed by atoms with Crippen LogP contribution in [0.2, 0.25) is 5.02 Å². The van der Waals surface area contributed by atoms with Crippen molar-refractivity contribution in [2.24, 2.45) is 11.4 Å². The van der Waals surface area contributed by atoms with E-state index in [2.05, 4.69) is 17.1 Å². The molecule has 2 aliphatic rings. The summed E-state index contributed by atoms with van der Waals surface area (Å²) in [6, 6.07) is 9.58. The quantitative estimate of drug-likeness (QED) is 0.469. The molecule has 31 heavy (non-hydrogen) atoms. The van der Waals surface area contributed by atoms with E-state index in [4.69, 9.17) is 36.6 Å². The summed E-state index contributed by atoms with van der Waals surface area (Å²) in [6.45, 7) is 2.33. The molecule has 0 saturated heterocycles. The van der Waals surface area contributed by atoms with Crippen molar-refractivity contribution in [3.8, 4) is 16.7 Å². The molecule has 2 aliphatic heterocycles. The van der Waals surface area contributed by atoms with E-state index in [1.165, 1.54) is 0 Å². The van der Waals surface area contributed by atoms with E-state index in [0.29, 0.717) is 21.7 Å². The highest BCUT2D eigenvalue weighted by atomic mass is 35.5. The van der Waals surface area contributed by atoms with Gasteiger partial charge >= 0.3 is 10.3 Å². The number of anilines is 2. The van der Waals surface area contributed by atoms with Gasteiger partial charge in [0, 0.05) is 11.1 Å². The molecule has 1 unspecified atom stereocenters. The largest absolute Gasteiger partial charge is 0.456 e. The van der Waals surface area contributed by atoms with Crippen LogP contribution in [0.4, 0.5) is 10.8 Å². The number of aromatic nitrogens is 2. The number of methoxy groups -OCH3 is 1. The lowest BCUT2D eigenvalue weighted by atomic mass is 9.94. The Labute approximate surface area is 187 Å². The van der Waals surface area contributed by atoms with E-state index < -0.39 is 10.5 Å². The minimum atomic E-state index is -0.417. The minimum absolute atomic E-state index is 0.0287. The van der Waals surface area contributed by atoms with Crippen LogP contribution in [0.5, 0.6) is 16.7 Å². The van der Waals surface area contributed by atoms with E-state index in [9.17, 15) is 0 Å². The van der Waals surface area contributed by atoms with E-state index in [1.54, 1.807) is 13.2 Å².